The summed E-state index contributed by atoms with van der Waals surface area (Å²) in [6.07, 6.45) is 1.50. The molecular weight excluding hydrogens is 236 g/mol. The van der Waals surface area contributed by atoms with E-state index in [1.807, 2.05) is 0 Å². The fourth-order valence-corrected chi connectivity index (χ4v) is 1.39. The first-order valence-electron chi connectivity index (χ1n) is 5.12. The fraction of sp³-hybridized carbons (Fsp3) is 0.182. The zero-order valence-corrected chi connectivity index (χ0v) is 9.95. The molecule has 7 nitrogen and oxygen atoms in total. The van der Waals surface area contributed by atoms with Gasteiger partial charge >= 0.3 is 12.0 Å². The number of hydrogen-bond acceptors (Lipinski definition) is 6. The Balaban J connectivity index is 2.31. The summed E-state index contributed by atoms with van der Waals surface area (Å²) >= 11 is 0. The number of hydrogen-bond donors (Lipinski definition) is 1. The number of nitrogens with zero attached hydrogens (tertiary/aromatic N) is 3. The van der Waals surface area contributed by atoms with E-state index >= 15 is 0 Å². The third-order valence-electron chi connectivity index (χ3n) is 2.25. The van der Waals surface area contributed by atoms with Gasteiger partial charge in [-0.1, -0.05) is 6.07 Å². The fourth-order valence-electron chi connectivity index (χ4n) is 1.39. The lowest BCUT2D eigenvalue weighted by molar-refractivity contribution is 0.0601. The van der Waals surface area contributed by atoms with Crippen LogP contribution >= 0.6 is 0 Å². The van der Waals surface area contributed by atoms with Crippen LogP contribution in [0.5, 0.6) is 11.8 Å². The first-order chi connectivity index (χ1) is 8.61. The number of carbonyl (C=O) groups excluding carboxylic acids is 1. The molecule has 0 atom stereocenters. The molecule has 0 unspecified atom stereocenters. The van der Waals surface area contributed by atoms with Crippen molar-refractivity contribution < 1.29 is 14.3 Å². The van der Waals surface area contributed by atoms with Crippen molar-refractivity contribution in [1.29, 1.82) is 0 Å². The molecule has 2 rings (SSSR count). The molecule has 18 heavy (non-hydrogen) atoms. The maximum atomic E-state index is 11.4. The number of anilines is 1. The van der Waals surface area contributed by atoms with Crippen LogP contribution in [0.3, 0.4) is 0 Å². The van der Waals surface area contributed by atoms with Crippen LogP contribution in [0.1, 0.15) is 10.4 Å². The molecular formula is C11H12N4O3. The van der Waals surface area contributed by atoms with E-state index in [9.17, 15) is 4.79 Å². The SMILES string of the molecule is COC(=O)c1cccc(Oc2ncn(C)n2)c1N. The molecule has 1 aromatic carbocycles. The van der Waals surface area contributed by atoms with Gasteiger partial charge < -0.3 is 15.2 Å². The summed E-state index contributed by atoms with van der Waals surface area (Å²) in [5.41, 5.74) is 6.26. The van der Waals surface area contributed by atoms with Crippen LogP contribution in [-0.4, -0.2) is 27.8 Å². The van der Waals surface area contributed by atoms with Gasteiger partial charge in [0.15, 0.2) is 5.75 Å². The molecule has 0 saturated heterocycles. The Labute approximate surface area is 103 Å². The number of benzene rings is 1. The number of ether oxygens (including phenoxy) is 2. The standard InChI is InChI=1S/C11H12N4O3/c1-15-6-13-11(14-15)18-8-5-3-4-7(9(8)12)10(16)17-2/h3-6H,12H2,1-2H3. The highest BCUT2D eigenvalue weighted by molar-refractivity contribution is 5.96. The van der Waals surface area contributed by atoms with Crippen molar-refractivity contribution in [2.45, 2.75) is 0 Å². The van der Waals surface area contributed by atoms with E-state index in [0.29, 0.717) is 5.75 Å². The van der Waals surface area contributed by atoms with Gasteiger partial charge in [0.05, 0.1) is 18.4 Å². The zero-order chi connectivity index (χ0) is 13.1. The van der Waals surface area contributed by atoms with Gasteiger partial charge in [-0.15, -0.1) is 5.10 Å². The number of carbonyl (C=O) groups is 1. The lowest BCUT2D eigenvalue weighted by atomic mass is 10.1. The third-order valence-corrected chi connectivity index (χ3v) is 2.25. The number of rotatable bonds is 3. The number of esters is 1. The number of para-hydroxylation sites is 1. The highest BCUT2D eigenvalue weighted by atomic mass is 16.5. The molecule has 0 radical (unpaired) electrons. The normalized spacial score (nSPS) is 10.1. The first-order valence-corrected chi connectivity index (χ1v) is 5.12. The Morgan fingerprint density at radius 2 is 2.22 bits per heavy atom. The summed E-state index contributed by atoms with van der Waals surface area (Å²) in [4.78, 5) is 15.4. The van der Waals surface area contributed by atoms with Crippen molar-refractivity contribution in [2.24, 2.45) is 7.05 Å². The summed E-state index contributed by atoms with van der Waals surface area (Å²) in [6.45, 7) is 0. The van der Waals surface area contributed by atoms with Crippen LogP contribution in [0.2, 0.25) is 0 Å². The van der Waals surface area contributed by atoms with Crippen molar-refractivity contribution >= 4 is 11.7 Å². The summed E-state index contributed by atoms with van der Waals surface area (Å²) < 4.78 is 11.5. The smallest absolute Gasteiger partial charge is 0.341 e. The Bertz CT molecular complexity index is 579. The lowest BCUT2D eigenvalue weighted by Crippen LogP contribution is -2.06. The van der Waals surface area contributed by atoms with Crippen LogP contribution in [0.25, 0.3) is 0 Å². The van der Waals surface area contributed by atoms with Gasteiger partial charge in [0.1, 0.15) is 6.33 Å². The minimum Gasteiger partial charge on any atom is -0.465 e. The van der Waals surface area contributed by atoms with E-state index < -0.39 is 5.97 Å². The molecule has 2 N–H and O–H groups in total. The number of aromatic nitrogens is 3. The highest BCUT2D eigenvalue weighted by Crippen LogP contribution is 2.28. The van der Waals surface area contributed by atoms with Crippen molar-refractivity contribution in [3.63, 3.8) is 0 Å². The average molecular weight is 248 g/mol. The van der Waals surface area contributed by atoms with Crippen LogP contribution in [0, 0.1) is 0 Å². The Morgan fingerprint density at radius 1 is 1.44 bits per heavy atom. The summed E-state index contributed by atoms with van der Waals surface area (Å²) in [7, 11) is 3.00. The van der Waals surface area contributed by atoms with E-state index in [-0.39, 0.29) is 17.3 Å². The van der Waals surface area contributed by atoms with Gasteiger partial charge in [0, 0.05) is 7.05 Å². The highest BCUT2D eigenvalue weighted by Gasteiger charge is 2.14. The summed E-state index contributed by atoms with van der Waals surface area (Å²) in [5.74, 6) is -0.212. The van der Waals surface area contributed by atoms with Crippen molar-refractivity contribution in [3.05, 3.63) is 30.1 Å². The van der Waals surface area contributed by atoms with Crippen LogP contribution in [-0.2, 0) is 11.8 Å². The van der Waals surface area contributed by atoms with E-state index in [2.05, 4.69) is 14.8 Å². The largest absolute Gasteiger partial charge is 0.465 e. The molecule has 0 aliphatic heterocycles. The molecule has 0 saturated carbocycles. The Morgan fingerprint density at radius 3 is 2.83 bits per heavy atom. The molecule has 0 fully saturated rings. The second kappa shape index (κ2) is 4.74. The van der Waals surface area contributed by atoms with Crippen molar-refractivity contribution in [2.75, 3.05) is 12.8 Å². The quantitative estimate of drug-likeness (QED) is 0.642. The number of nitrogen functional groups attached to an aromatic ring is 1. The Kier molecular flexibility index (Phi) is 3.13. The monoisotopic (exact) mass is 248 g/mol. The second-order valence-corrected chi connectivity index (χ2v) is 3.51. The predicted molar refractivity (Wildman–Crippen MR) is 63.3 cm³/mol. The molecule has 0 spiro atoms. The maximum absolute atomic E-state index is 11.4. The number of aryl methyl sites for hydroxylation is 1. The summed E-state index contributed by atoms with van der Waals surface area (Å²) in [5, 5.41) is 3.95. The third kappa shape index (κ3) is 2.24. The molecule has 1 aromatic heterocycles. The predicted octanol–water partition coefficient (Wildman–Crippen LogP) is 0.976. The van der Waals surface area contributed by atoms with E-state index in [4.69, 9.17) is 10.5 Å². The summed E-state index contributed by atoms with van der Waals surface area (Å²) in [6, 6.07) is 4.98. The lowest BCUT2D eigenvalue weighted by Gasteiger charge is -2.08. The molecule has 0 aliphatic rings. The Hall–Kier alpha value is -2.57. The number of methoxy groups -OCH3 is 1. The maximum Gasteiger partial charge on any atom is 0.341 e. The van der Waals surface area contributed by atoms with Gasteiger partial charge in [0.2, 0.25) is 0 Å². The minimum atomic E-state index is -0.521. The van der Waals surface area contributed by atoms with Crippen LogP contribution < -0.4 is 10.5 Å². The van der Waals surface area contributed by atoms with E-state index in [0.717, 1.165) is 0 Å². The van der Waals surface area contributed by atoms with Gasteiger partial charge in [-0.25, -0.2) is 4.79 Å². The van der Waals surface area contributed by atoms with Gasteiger partial charge in [-0.05, 0) is 12.1 Å². The molecule has 94 valence electrons. The molecule has 7 heteroatoms. The second-order valence-electron chi connectivity index (χ2n) is 3.51. The van der Waals surface area contributed by atoms with E-state index in [1.165, 1.54) is 18.1 Å². The molecule has 0 bridgehead atoms. The first kappa shape index (κ1) is 11.9. The minimum absolute atomic E-state index is 0.159. The molecule has 1 heterocycles. The van der Waals surface area contributed by atoms with Crippen LogP contribution in [0.15, 0.2) is 24.5 Å². The molecule has 0 amide bonds. The topological polar surface area (TPSA) is 92.3 Å². The van der Waals surface area contributed by atoms with Gasteiger partial charge in [-0.3, -0.25) is 4.68 Å². The molecule has 0 aliphatic carbocycles. The van der Waals surface area contributed by atoms with Crippen LogP contribution in [0.4, 0.5) is 5.69 Å². The van der Waals surface area contributed by atoms with Gasteiger partial charge in [0.25, 0.3) is 0 Å². The van der Waals surface area contributed by atoms with Crippen molar-refractivity contribution in [1.82, 2.24) is 14.8 Å². The zero-order valence-electron chi connectivity index (χ0n) is 9.95. The van der Waals surface area contributed by atoms with Crippen molar-refractivity contribution in [3.8, 4) is 11.8 Å². The van der Waals surface area contributed by atoms with E-state index in [1.54, 1.807) is 25.2 Å². The molecule has 2 aromatic rings. The number of nitrogens with two attached hydrogens (primary N) is 1. The van der Waals surface area contributed by atoms with Gasteiger partial charge in [-0.2, -0.15) is 4.98 Å². The average Bonchev–Trinajstić information content (AvgIpc) is 2.76.